The number of rotatable bonds is 4. The Kier molecular flexibility index (Phi) is 4.59. The van der Waals surface area contributed by atoms with Crippen LogP contribution < -0.4 is 0 Å². The second-order valence-corrected chi connectivity index (χ2v) is 8.96. The highest BCUT2D eigenvalue weighted by atomic mass is 32.1. The number of fused-ring (bicyclic) bond motifs is 1. The summed E-state index contributed by atoms with van der Waals surface area (Å²) in [4.78, 5) is 16.5. The Hall–Kier alpha value is -3.11. The summed E-state index contributed by atoms with van der Waals surface area (Å²) >= 11 is 1.70. The molecule has 0 saturated heterocycles. The van der Waals surface area contributed by atoms with Crippen LogP contribution in [0.15, 0.2) is 83.3 Å². The molecule has 4 heteroatoms. The van der Waals surface area contributed by atoms with E-state index < -0.39 is 0 Å². The number of carbonyl (C=O) groups is 1. The van der Waals surface area contributed by atoms with Crippen molar-refractivity contribution in [3.8, 4) is 11.3 Å². The molecule has 1 unspecified atom stereocenters. The molecule has 0 fully saturated rings. The van der Waals surface area contributed by atoms with Crippen LogP contribution in [-0.4, -0.2) is 15.4 Å². The third-order valence-electron chi connectivity index (χ3n) is 6.27. The van der Waals surface area contributed by atoms with Crippen LogP contribution >= 0.6 is 11.3 Å². The molecule has 0 N–H and O–H groups in total. The molecule has 0 spiro atoms. The summed E-state index contributed by atoms with van der Waals surface area (Å²) in [6.45, 7) is 4.71. The van der Waals surface area contributed by atoms with Crippen molar-refractivity contribution >= 4 is 28.1 Å². The van der Waals surface area contributed by atoms with Gasteiger partial charge >= 0.3 is 0 Å². The molecule has 4 aromatic rings. The topological polar surface area (TPSA) is 25.2 Å². The molecule has 1 atom stereocenters. The number of hydrogen-bond donors (Lipinski definition) is 0. The molecule has 0 bridgehead atoms. The highest BCUT2D eigenvalue weighted by molar-refractivity contribution is 7.09. The number of aryl methyl sites for hydroxylation is 1. The van der Waals surface area contributed by atoms with Gasteiger partial charge in [-0.2, -0.15) is 0 Å². The van der Waals surface area contributed by atoms with Crippen LogP contribution in [0, 0.1) is 0 Å². The predicted octanol–water partition coefficient (Wildman–Crippen LogP) is 6.33. The van der Waals surface area contributed by atoms with Gasteiger partial charge < -0.3 is 9.47 Å². The molecule has 0 aliphatic carbocycles. The van der Waals surface area contributed by atoms with Crippen molar-refractivity contribution in [1.82, 2.24) is 9.47 Å². The SMILES string of the molecule is CC1=C(C)C(c2c(-c3ccccc3)n(C)c3ccccc23)N(Cc2cccs2)C1=O. The van der Waals surface area contributed by atoms with Crippen molar-refractivity contribution < 1.29 is 4.79 Å². The average Bonchev–Trinajstić information content (AvgIpc) is 3.44. The number of carbonyl (C=O) groups excluding carboxylic acids is 1. The standard InChI is InChI=1S/C26H24N2OS/c1-17-18(2)26(29)28(16-20-12-9-15-30-20)24(17)23-21-13-7-8-14-22(21)27(3)25(23)19-10-5-4-6-11-19/h4-15,24H,16H2,1-3H3. The molecule has 0 saturated carbocycles. The van der Waals surface area contributed by atoms with Gasteiger partial charge in [-0.1, -0.05) is 54.6 Å². The predicted molar refractivity (Wildman–Crippen MR) is 124 cm³/mol. The summed E-state index contributed by atoms with van der Waals surface area (Å²) in [5, 5.41) is 3.28. The first-order chi connectivity index (χ1) is 14.6. The molecule has 1 aliphatic heterocycles. The Morgan fingerprint density at radius 3 is 2.40 bits per heavy atom. The van der Waals surface area contributed by atoms with Gasteiger partial charge in [0.15, 0.2) is 0 Å². The van der Waals surface area contributed by atoms with Crippen molar-refractivity contribution in [3.05, 3.63) is 93.7 Å². The Morgan fingerprint density at radius 2 is 1.67 bits per heavy atom. The minimum absolute atomic E-state index is 0.0686. The highest BCUT2D eigenvalue weighted by Crippen LogP contribution is 2.46. The Bertz CT molecular complexity index is 1270. The third-order valence-corrected chi connectivity index (χ3v) is 7.13. The normalized spacial score (nSPS) is 16.8. The number of nitrogens with zero attached hydrogens (tertiary/aromatic N) is 2. The van der Waals surface area contributed by atoms with Gasteiger partial charge in [0, 0.05) is 34.0 Å². The van der Waals surface area contributed by atoms with Gasteiger partial charge in [-0.3, -0.25) is 4.79 Å². The Balaban J connectivity index is 1.77. The molecule has 30 heavy (non-hydrogen) atoms. The lowest BCUT2D eigenvalue weighted by Crippen LogP contribution is -2.29. The molecular formula is C26H24N2OS. The lowest BCUT2D eigenvalue weighted by Gasteiger charge is -2.27. The lowest BCUT2D eigenvalue weighted by molar-refractivity contribution is -0.127. The molecule has 2 aromatic heterocycles. The minimum Gasteiger partial charge on any atom is -0.343 e. The van der Waals surface area contributed by atoms with E-state index in [0.29, 0.717) is 6.54 Å². The van der Waals surface area contributed by atoms with E-state index in [2.05, 4.69) is 84.6 Å². The molecule has 1 aliphatic rings. The van der Waals surface area contributed by atoms with E-state index in [1.165, 1.54) is 32.6 Å². The number of para-hydroxylation sites is 1. The van der Waals surface area contributed by atoms with E-state index in [1.54, 1.807) is 11.3 Å². The molecule has 1 amide bonds. The molecule has 3 heterocycles. The van der Waals surface area contributed by atoms with Crippen molar-refractivity contribution in [3.63, 3.8) is 0 Å². The first-order valence-electron chi connectivity index (χ1n) is 10.2. The quantitative estimate of drug-likeness (QED) is 0.385. The second-order valence-electron chi connectivity index (χ2n) is 7.93. The third kappa shape index (κ3) is 2.83. The van der Waals surface area contributed by atoms with Crippen LogP contribution in [0.25, 0.3) is 22.2 Å². The summed E-state index contributed by atoms with van der Waals surface area (Å²) in [6.07, 6.45) is 0. The van der Waals surface area contributed by atoms with Crippen molar-refractivity contribution in [2.45, 2.75) is 26.4 Å². The maximum atomic E-state index is 13.3. The van der Waals surface area contributed by atoms with Gasteiger partial charge in [0.25, 0.3) is 5.91 Å². The first kappa shape index (κ1) is 18.9. The van der Waals surface area contributed by atoms with Crippen molar-refractivity contribution in [2.75, 3.05) is 0 Å². The van der Waals surface area contributed by atoms with E-state index in [1.807, 2.05) is 17.9 Å². The fraction of sp³-hybridized carbons (Fsp3) is 0.192. The molecular weight excluding hydrogens is 388 g/mol. The van der Waals surface area contributed by atoms with Crippen LogP contribution in [0.2, 0.25) is 0 Å². The number of thiophene rings is 1. The number of aromatic nitrogens is 1. The van der Waals surface area contributed by atoms with Crippen LogP contribution in [-0.2, 0) is 18.4 Å². The van der Waals surface area contributed by atoms with E-state index in [4.69, 9.17) is 0 Å². The number of amides is 1. The summed E-state index contributed by atoms with van der Waals surface area (Å²) in [5.41, 5.74) is 6.77. The molecule has 150 valence electrons. The van der Waals surface area contributed by atoms with Gasteiger partial charge in [-0.05, 0) is 42.5 Å². The largest absolute Gasteiger partial charge is 0.343 e. The zero-order valence-corrected chi connectivity index (χ0v) is 18.2. The van der Waals surface area contributed by atoms with Crippen molar-refractivity contribution in [1.29, 1.82) is 0 Å². The smallest absolute Gasteiger partial charge is 0.250 e. The van der Waals surface area contributed by atoms with Gasteiger partial charge in [0.1, 0.15) is 0 Å². The van der Waals surface area contributed by atoms with E-state index >= 15 is 0 Å². The van der Waals surface area contributed by atoms with E-state index in [9.17, 15) is 4.79 Å². The fourth-order valence-corrected chi connectivity index (χ4v) is 5.39. The summed E-state index contributed by atoms with van der Waals surface area (Å²) in [6, 6.07) is 23.1. The molecule has 5 rings (SSSR count). The monoisotopic (exact) mass is 412 g/mol. The van der Waals surface area contributed by atoms with Gasteiger partial charge in [0.05, 0.1) is 18.3 Å². The van der Waals surface area contributed by atoms with Gasteiger partial charge in [-0.25, -0.2) is 0 Å². The maximum absolute atomic E-state index is 13.3. The van der Waals surface area contributed by atoms with E-state index in [-0.39, 0.29) is 11.9 Å². The summed E-state index contributed by atoms with van der Waals surface area (Å²) in [7, 11) is 2.13. The van der Waals surface area contributed by atoms with Crippen LogP contribution in [0.1, 0.15) is 30.3 Å². The van der Waals surface area contributed by atoms with Gasteiger partial charge in [-0.15, -0.1) is 11.3 Å². The zero-order valence-electron chi connectivity index (χ0n) is 17.4. The number of benzene rings is 2. The van der Waals surface area contributed by atoms with E-state index in [0.717, 1.165) is 11.1 Å². The fourth-order valence-electron chi connectivity index (χ4n) is 4.69. The summed E-state index contributed by atoms with van der Waals surface area (Å²) in [5.74, 6) is 0.137. The minimum atomic E-state index is -0.0686. The zero-order chi connectivity index (χ0) is 20.8. The second kappa shape index (κ2) is 7.29. The van der Waals surface area contributed by atoms with Gasteiger partial charge in [0.2, 0.25) is 0 Å². The lowest BCUT2D eigenvalue weighted by atomic mass is 9.93. The van der Waals surface area contributed by atoms with Crippen LogP contribution in [0.5, 0.6) is 0 Å². The molecule has 0 radical (unpaired) electrons. The Morgan fingerprint density at radius 1 is 0.933 bits per heavy atom. The molecule has 3 nitrogen and oxygen atoms in total. The highest BCUT2D eigenvalue weighted by Gasteiger charge is 2.39. The first-order valence-corrected chi connectivity index (χ1v) is 11.1. The Labute approximate surface area is 180 Å². The maximum Gasteiger partial charge on any atom is 0.250 e. The average molecular weight is 413 g/mol. The van der Waals surface area contributed by atoms with Crippen LogP contribution in [0.4, 0.5) is 0 Å². The molecule has 2 aromatic carbocycles. The number of hydrogen-bond acceptors (Lipinski definition) is 2. The summed E-state index contributed by atoms with van der Waals surface area (Å²) < 4.78 is 2.27. The van der Waals surface area contributed by atoms with Crippen molar-refractivity contribution in [2.24, 2.45) is 7.05 Å². The van der Waals surface area contributed by atoms with Crippen LogP contribution in [0.3, 0.4) is 0 Å².